The second kappa shape index (κ2) is 9.91. The number of benzene rings is 2. The second-order valence-corrected chi connectivity index (χ2v) is 7.03. The van der Waals surface area contributed by atoms with Crippen LogP contribution >= 0.6 is 0 Å². The van der Waals surface area contributed by atoms with Crippen LogP contribution in [0.5, 0.6) is 0 Å². The van der Waals surface area contributed by atoms with Gasteiger partial charge in [0.15, 0.2) is 0 Å². The van der Waals surface area contributed by atoms with E-state index < -0.39 is 6.04 Å². The molecule has 9 heteroatoms. The first kappa shape index (κ1) is 21.4. The van der Waals surface area contributed by atoms with Crippen LogP contribution in [-0.4, -0.2) is 46.3 Å². The summed E-state index contributed by atoms with van der Waals surface area (Å²) in [5.74, 6) is -0.338. The predicted octanol–water partition coefficient (Wildman–Crippen LogP) is 2.69. The number of nitrogens with zero attached hydrogens (tertiary/aromatic N) is 5. The molecule has 158 valence electrons. The highest BCUT2D eigenvalue weighted by atomic mass is 19.1. The maximum atomic E-state index is 13.9. The van der Waals surface area contributed by atoms with Crippen molar-refractivity contribution < 1.29 is 13.6 Å². The Bertz CT molecular complexity index is 976. The number of rotatable bonds is 9. The number of aromatic nitrogens is 4. The number of anilines is 1. The SMILES string of the molecule is Cc1nnnn1C(Cc1ccc(F)cc1)C(=O)NCCCN(C)c1ccccc1F. The van der Waals surface area contributed by atoms with E-state index in [2.05, 4.69) is 20.8 Å². The first-order valence-electron chi connectivity index (χ1n) is 9.68. The van der Waals surface area contributed by atoms with Crippen molar-refractivity contribution in [3.8, 4) is 0 Å². The van der Waals surface area contributed by atoms with E-state index in [0.29, 0.717) is 37.4 Å². The molecule has 0 aliphatic rings. The van der Waals surface area contributed by atoms with Gasteiger partial charge in [0.2, 0.25) is 5.91 Å². The fourth-order valence-electron chi connectivity index (χ4n) is 3.19. The van der Waals surface area contributed by atoms with Crippen molar-refractivity contribution in [1.82, 2.24) is 25.5 Å². The topological polar surface area (TPSA) is 75.9 Å². The maximum Gasteiger partial charge on any atom is 0.245 e. The van der Waals surface area contributed by atoms with Gasteiger partial charge in [-0.25, -0.2) is 13.5 Å². The van der Waals surface area contributed by atoms with Crippen molar-refractivity contribution >= 4 is 11.6 Å². The summed E-state index contributed by atoms with van der Waals surface area (Å²) < 4.78 is 28.5. The molecule has 1 unspecified atom stereocenters. The van der Waals surface area contributed by atoms with Crippen LogP contribution in [0.15, 0.2) is 48.5 Å². The summed E-state index contributed by atoms with van der Waals surface area (Å²) in [4.78, 5) is 14.7. The van der Waals surface area contributed by atoms with E-state index in [1.165, 1.54) is 22.9 Å². The molecule has 0 aliphatic heterocycles. The van der Waals surface area contributed by atoms with Crippen molar-refractivity contribution in [3.63, 3.8) is 0 Å². The highest BCUT2D eigenvalue weighted by Gasteiger charge is 2.24. The van der Waals surface area contributed by atoms with Gasteiger partial charge in [0.05, 0.1) is 5.69 Å². The third kappa shape index (κ3) is 5.37. The van der Waals surface area contributed by atoms with Gasteiger partial charge < -0.3 is 10.2 Å². The Morgan fingerprint density at radius 1 is 1.17 bits per heavy atom. The average molecular weight is 414 g/mol. The molecule has 0 bridgehead atoms. The number of aryl methyl sites for hydroxylation is 1. The number of carbonyl (C=O) groups is 1. The van der Waals surface area contributed by atoms with E-state index in [9.17, 15) is 13.6 Å². The molecular formula is C21H24F2N6O. The minimum absolute atomic E-state index is 0.233. The van der Waals surface area contributed by atoms with Crippen LogP contribution in [-0.2, 0) is 11.2 Å². The number of halogens is 2. The smallest absolute Gasteiger partial charge is 0.245 e. The Labute approximate surface area is 173 Å². The minimum atomic E-state index is -0.658. The van der Waals surface area contributed by atoms with E-state index in [-0.39, 0.29) is 17.5 Å². The van der Waals surface area contributed by atoms with E-state index in [4.69, 9.17) is 0 Å². The molecule has 30 heavy (non-hydrogen) atoms. The zero-order valence-corrected chi connectivity index (χ0v) is 16.9. The zero-order valence-electron chi connectivity index (χ0n) is 16.9. The van der Waals surface area contributed by atoms with Gasteiger partial charge in [-0.05, 0) is 53.6 Å². The van der Waals surface area contributed by atoms with Gasteiger partial charge in [-0.3, -0.25) is 4.79 Å². The van der Waals surface area contributed by atoms with E-state index in [1.807, 2.05) is 11.9 Å². The summed E-state index contributed by atoms with van der Waals surface area (Å²) in [5, 5.41) is 14.3. The van der Waals surface area contributed by atoms with E-state index in [1.54, 1.807) is 37.3 Å². The standard InChI is InChI=1S/C21H24F2N6O/c1-15-25-26-27-29(15)20(14-16-8-10-17(22)11-9-16)21(30)24-12-5-13-28(2)19-7-4-3-6-18(19)23/h3-4,6-11,20H,5,12-14H2,1-2H3,(H,24,30). The van der Waals surface area contributed by atoms with Gasteiger partial charge >= 0.3 is 0 Å². The summed E-state index contributed by atoms with van der Waals surface area (Å²) in [7, 11) is 1.81. The number of carbonyl (C=O) groups excluding carboxylic acids is 1. The largest absolute Gasteiger partial charge is 0.372 e. The molecule has 0 radical (unpaired) electrons. The van der Waals surface area contributed by atoms with Crippen LogP contribution < -0.4 is 10.2 Å². The van der Waals surface area contributed by atoms with Crippen molar-refractivity contribution in [2.75, 3.05) is 25.0 Å². The second-order valence-electron chi connectivity index (χ2n) is 7.03. The van der Waals surface area contributed by atoms with Crippen molar-refractivity contribution in [2.45, 2.75) is 25.8 Å². The van der Waals surface area contributed by atoms with Crippen LogP contribution in [0.3, 0.4) is 0 Å². The lowest BCUT2D eigenvalue weighted by atomic mass is 10.1. The summed E-state index contributed by atoms with van der Waals surface area (Å²) >= 11 is 0. The first-order valence-corrected chi connectivity index (χ1v) is 9.68. The Balaban J connectivity index is 1.59. The van der Waals surface area contributed by atoms with Gasteiger partial charge in [0.25, 0.3) is 0 Å². The summed E-state index contributed by atoms with van der Waals surface area (Å²) in [6.07, 6.45) is 0.960. The van der Waals surface area contributed by atoms with Gasteiger partial charge in [0, 0.05) is 26.6 Å². The Morgan fingerprint density at radius 2 is 1.90 bits per heavy atom. The lowest BCUT2D eigenvalue weighted by molar-refractivity contribution is -0.124. The Kier molecular flexibility index (Phi) is 7.05. The molecule has 0 spiro atoms. The average Bonchev–Trinajstić information content (AvgIpc) is 3.16. The number of para-hydroxylation sites is 1. The molecule has 3 rings (SSSR count). The van der Waals surface area contributed by atoms with Gasteiger partial charge in [0.1, 0.15) is 23.5 Å². The molecule has 0 saturated carbocycles. The normalized spacial score (nSPS) is 11.9. The molecule has 1 heterocycles. The summed E-state index contributed by atoms with van der Waals surface area (Å²) in [6.45, 7) is 2.71. The van der Waals surface area contributed by atoms with E-state index >= 15 is 0 Å². The number of tetrazole rings is 1. The lowest BCUT2D eigenvalue weighted by Crippen LogP contribution is -2.36. The van der Waals surface area contributed by atoms with Gasteiger partial charge in [-0.15, -0.1) is 5.10 Å². The summed E-state index contributed by atoms with van der Waals surface area (Å²) in [6, 6.07) is 11.9. The Hall–Kier alpha value is -3.36. The monoisotopic (exact) mass is 414 g/mol. The predicted molar refractivity (Wildman–Crippen MR) is 109 cm³/mol. The van der Waals surface area contributed by atoms with Gasteiger partial charge in [-0.2, -0.15) is 0 Å². The maximum absolute atomic E-state index is 13.9. The van der Waals surface area contributed by atoms with Crippen molar-refractivity contribution in [3.05, 3.63) is 71.6 Å². The van der Waals surface area contributed by atoms with Gasteiger partial charge in [-0.1, -0.05) is 24.3 Å². The van der Waals surface area contributed by atoms with E-state index in [0.717, 1.165) is 5.56 Å². The van der Waals surface area contributed by atoms with Crippen LogP contribution in [0, 0.1) is 18.6 Å². The molecule has 3 aromatic rings. The third-order valence-electron chi connectivity index (χ3n) is 4.83. The molecule has 1 amide bonds. The Morgan fingerprint density at radius 3 is 2.57 bits per heavy atom. The zero-order chi connectivity index (χ0) is 21.5. The van der Waals surface area contributed by atoms with Crippen LogP contribution in [0.1, 0.15) is 23.9 Å². The van der Waals surface area contributed by atoms with Crippen LogP contribution in [0.25, 0.3) is 0 Å². The number of hydrogen-bond acceptors (Lipinski definition) is 5. The molecule has 7 nitrogen and oxygen atoms in total. The quantitative estimate of drug-likeness (QED) is 0.545. The molecule has 1 aromatic heterocycles. The minimum Gasteiger partial charge on any atom is -0.372 e. The fourth-order valence-corrected chi connectivity index (χ4v) is 3.19. The summed E-state index contributed by atoms with van der Waals surface area (Å²) in [5.41, 5.74) is 1.31. The molecule has 1 atom stereocenters. The molecule has 2 aromatic carbocycles. The highest BCUT2D eigenvalue weighted by Crippen LogP contribution is 2.18. The molecule has 1 N–H and O–H groups in total. The van der Waals surface area contributed by atoms with Crippen molar-refractivity contribution in [1.29, 1.82) is 0 Å². The first-order chi connectivity index (χ1) is 14.5. The van der Waals surface area contributed by atoms with Crippen LogP contribution in [0.4, 0.5) is 14.5 Å². The van der Waals surface area contributed by atoms with Crippen LogP contribution in [0.2, 0.25) is 0 Å². The highest BCUT2D eigenvalue weighted by molar-refractivity contribution is 5.80. The lowest BCUT2D eigenvalue weighted by Gasteiger charge is -2.21. The fraction of sp³-hybridized carbons (Fsp3) is 0.333. The molecule has 0 fully saturated rings. The number of amides is 1. The van der Waals surface area contributed by atoms with Crippen molar-refractivity contribution in [2.24, 2.45) is 0 Å². The number of hydrogen-bond donors (Lipinski definition) is 1. The third-order valence-corrected chi connectivity index (χ3v) is 4.83. The molecule has 0 saturated heterocycles. The molecular weight excluding hydrogens is 390 g/mol. The number of nitrogens with one attached hydrogen (secondary N) is 1. The molecule has 0 aliphatic carbocycles.